The summed E-state index contributed by atoms with van der Waals surface area (Å²) in [6, 6.07) is 17.4. The molecule has 184 valence electrons. The first-order chi connectivity index (χ1) is 16.8. The molecular formula is C29H41N3O2. The van der Waals surface area contributed by atoms with E-state index in [0.29, 0.717) is 6.04 Å². The molecule has 0 saturated carbocycles. The van der Waals surface area contributed by atoms with E-state index < -0.39 is 0 Å². The second-order valence-corrected chi connectivity index (χ2v) is 9.65. The fraction of sp³-hybridized carbons (Fsp3) is 0.552. The highest BCUT2D eigenvalue weighted by Crippen LogP contribution is 2.24. The summed E-state index contributed by atoms with van der Waals surface area (Å²) in [5.74, 6) is 0. The van der Waals surface area contributed by atoms with E-state index >= 15 is 0 Å². The van der Waals surface area contributed by atoms with Crippen molar-refractivity contribution in [1.29, 1.82) is 0 Å². The summed E-state index contributed by atoms with van der Waals surface area (Å²) in [7, 11) is 0. The van der Waals surface area contributed by atoms with Crippen LogP contribution in [0.4, 0.5) is 0 Å². The number of para-hydroxylation sites is 1. The molecule has 1 atom stereocenters. The van der Waals surface area contributed by atoms with Gasteiger partial charge in [0.15, 0.2) is 0 Å². The van der Waals surface area contributed by atoms with Crippen molar-refractivity contribution in [3.8, 4) is 0 Å². The monoisotopic (exact) mass is 463 g/mol. The zero-order valence-corrected chi connectivity index (χ0v) is 20.8. The van der Waals surface area contributed by atoms with Gasteiger partial charge in [-0.2, -0.15) is 0 Å². The van der Waals surface area contributed by atoms with Crippen LogP contribution in [0.5, 0.6) is 0 Å². The van der Waals surface area contributed by atoms with Gasteiger partial charge in [0.2, 0.25) is 0 Å². The van der Waals surface area contributed by atoms with E-state index in [9.17, 15) is 4.79 Å². The number of hydrogen-bond acceptors (Lipinski definition) is 3. The Morgan fingerprint density at radius 1 is 0.941 bits per heavy atom. The van der Waals surface area contributed by atoms with Crippen LogP contribution >= 0.6 is 0 Å². The third-order valence-electron chi connectivity index (χ3n) is 6.94. The average Bonchev–Trinajstić information content (AvgIpc) is 3.14. The summed E-state index contributed by atoms with van der Waals surface area (Å²) in [4.78, 5) is 13.2. The van der Waals surface area contributed by atoms with Crippen molar-refractivity contribution in [1.82, 2.24) is 14.5 Å². The summed E-state index contributed by atoms with van der Waals surface area (Å²) < 4.78 is 9.84. The molecule has 0 bridgehead atoms. The highest BCUT2D eigenvalue weighted by atomic mass is 16.5. The molecule has 1 aromatic heterocycles. The SMILES string of the molecule is CCCN[C@@H]1Cc2cccc3c2n(c(=O)n3CCCCCCOCCCCc2ccccc2)C1. The molecule has 1 aliphatic rings. The number of imidazole rings is 1. The van der Waals surface area contributed by atoms with E-state index in [1.807, 2.05) is 9.13 Å². The Balaban J connectivity index is 1.15. The molecule has 0 spiro atoms. The molecule has 5 nitrogen and oxygen atoms in total. The summed E-state index contributed by atoms with van der Waals surface area (Å²) in [5, 5.41) is 3.61. The highest BCUT2D eigenvalue weighted by molar-refractivity contribution is 5.80. The summed E-state index contributed by atoms with van der Waals surface area (Å²) in [6.07, 6.45) is 10.0. The lowest BCUT2D eigenvalue weighted by molar-refractivity contribution is 0.126. The van der Waals surface area contributed by atoms with Crippen LogP contribution < -0.4 is 11.0 Å². The van der Waals surface area contributed by atoms with Gasteiger partial charge in [0.05, 0.1) is 11.0 Å². The Morgan fingerprint density at radius 2 is 1.74 bits per heavy atom. The third-order valence-corrected chi connectivity index (χ3v) is 6.94. The number of ether oxygens (including phenoxy) is 1. The van der Waals surface area contributed by atoms with E-state index in [0.717, 1.165) is 95.2 Å². The number of aromatic nitrogens is 2. The van der Waals surface area contributed by atoms with Crippen LogP contribution in [0.2, 0.25) is 0 Å². The lowest BCUT2D eigenvalue weighted by Gasteiger charge is -2.24. The second kappa shape index (κ2) is 12.9. The first-order valence-electron chi connectivity index (χ1n) is 13.3. The highest BCUT2D eigenvalue weighted by Gasteiger charge is 2.24. The molecule has 0 radical (unpaired) electrons. The average molecular weight is 464 g/mol. The van der Waals surface area contributed by atoms with Gasteiger partial charge in [0.1, 0.15) is 0 Å². The molecule has 1 N–H and O–H groups in total. The van der Waals surface area contributed by atoms with Crippen molar-refractivity contribution in [2.75, 3.05) is 19.8 Å². The van der Waals surface area contributed by atoms with Crippen LogP contribution in [0, 0.1) is 0 Å². The van der Waals surface area contributed by atoms with Gasteiger partial charge in [0.25, 0.3) is 0 Å². The second-order valence-electron chi connectivity index (χ2n) is 9.65. The van der Waals surface area contributed by atoms with Crippen molar-refractivity contribution in [2.24, 2.45) is 0 Å². The maximum atomic E-state index is 13.2. The van der Waals surface area contributed by atoms with Crippen LogP contribution in [0.15, 0.2) is 53.3 Å². The predicted octanol–water partition coefficient (Wildman–Crippen LogP) is 5.33. The minimum Gasteiger partial charge on any atom is -0.381 e. The Labute approximate surface area is 204 Å². The minimum absolute atomic E-state index is 0.157. The molecule has 34 heavy (non-hydrogen) atoms. The molecular weight excluding hydrogens is 422 g/mol. The number of nitrogens with one attached hydrogen (secondary N) is 1. The standard InChI is InChI=1S/C29H41N3O2/c1-2-18-30-26-22-25-16-12-17-27-28(25)32(23-26)29(33)31(27)19-9-3-4-10-20-34-21-11-8-15-24-13-6-5-7-14-24/h5-7,12-14,16-17,26,30H,2-4,8-11,15,18-23H2,1H3/t26-/m1/s1. The number of unbranched alkanes of at least 4 members (excludes halogenated alkanes) is 4. The van der Waals surface area contributed by atoms with Crippen LogP contribution in [0.25, 0.3) is 11.0 Å². The van der Waals surface area contributed by atoms with Gasteiger partial charge in [0, 0.05) is 32.3 Å². The zero-order chi connectivity index (χ0) is 23.6. The first-order valence-corrected chi connectivity index (χ1v) is 13.3. The Kier molecular flexibility index (Phi) is 9.40. The van der Waals surface area contributed by atoms with Gasteiger partial charge in [-0.25, -0.2) is 4.79 Å². The Morgan fingerprint density at radius 3 is 2.56 bits per heavy atom. The first kappa shape index (κ1) is 24.7. The maximum absolute atomic E-state index is 13.2. The summed E-state index contributed by atoms with van der Waals surface area (Å²) >= 11 is 0. The molecule has 5 heteroatoms. The molecule has 0 fully saturated rings. The molecule has 3 aromatic rings. The fourth-order valence-corrected chi connectivity index (χ4v) is 5.14. The predicted molar refractivity (Wildman–Crippen MR) is 141 cm³/mol. The summed E-state index contributed by atoms with van der Waals surface area (Å²) in [6.45, 7) is 6.48. The van der Waals surface area contributed by atoms with Gasteiger partial charge in [-0.3, -0.25) is 9.13 Å². The number of aryl methyl sites for hydroxylation is 2. The minimum atomic E-state index is 0.157. The van der Waals surface area contributed by atoms with Crippen LogP contribution in [0.3, 0.4) is 0 Å². The Hall–Kier alpha value is -2.37. The third kappa shape index (κ3) is 6.39. The quantitative estimate of drug-likeness (QED) is 0.310. The largest absolute Gasteiger partial charge is 0.381 e. The number of nitrogens with zero attached hydrogens (tertiary/aromatic N) is 2. The van der Waals surface area contributed by atoms with Crippen LogP contribution in [-0.4, -0.2) is 34.9 Å². The molecule has 0 amide bonds. The smallest absolute Gasteiger partial charge is 0.329 e. The maximum Gasteiger partial charge on any atom is 0.329 e. The van der Waals surface area contributed by atoms with Gasteiger partial charge in [-0.15, -0.1) is 0 Å². The van der Waals surface area contributed by atoms with E-state index in [-0.39, 0.29) is 5.69 Å². The van der Waals surface area contributed by atoms with E-state index in [4.69, 9.17) is 4.74 Å². The van der Waals surface area contributed by atoms with Crippen molar-refractivity contribution in [2.45, 2.75) is 83.8 Å². The number of benzene rings is 2. The van der Waals surface area contributed by atoms with Crippen molar-refractivity contribution in [3.63, 3.8) is 0 Å². The molecule has 1 aliphatic heterocycles. The molecule has 4 rings (SSSR count). The van der Waals surface area contributed by atoms with Gasteiger partial charge in [-0.1, -0.05) is 62.2 Å². The lowest BCUT2D eigenvalue weighted by atomic mass is 10.0. The lowest BCUT2D eigenvalue weighted by Crippen LogP contribution is -2.41. The van der Waals surface area contributed by atoms with Gasteiger partial charge < -0.3 is 10.1 Å². The normalized spacial score (nSPS) is 15.3. The molecule has 2 heterocycles. The van der Waals surface area contributed by atoms with Gasteiger partial charge in [-0.05, 0) is 68.7 Å². The topological polar surface area (TPSA) is 48.2 Å². The molecule has 2 aromatic carbocycles. The zero-order valence-electron chi connectivity index (χ0n) is 20.8. The van der Waals surface area contributed by atoms with Crippen molar-refractivity contribution in [3.05, 3.63) is 70.1 Å². The van der Waals surface area contributed by atoms with E-state index in [1.54, 1.807) is 0 Å². The van der Waals surface area contributed by atoms with Crippen LogP contribution in [-0.2, 0) is 30.7 Å². The van der Waals surface area contributed by atoms with Gasteiger partial charge >= 0.3 is 5.69 Å². The molecule has 0 unspecified atom stereocenters. The summed E-state index contributed by atoms with van der Waals surface area (Å²) in [5.41, 5.74) is 5.13. The van der Waals surface area contributed by atoms with Crippen LogP contribution in [0.1, 0.15) is 63.0 Å². The molecule has 0 saturated heterocycles. The fourth-order valence-electron chi connectivity index (χ4n) is 5.14. The van der Waals surface area contributed by atoms with E-state index in [1.165, 1.54) is 17.5 Å². The van der Waals surface area contributed by atoms with Crippen molar-refractivity contribution < 1.29 is 4.74 Å². The number of hydrogen-bond donors (Lipinski definition) is 1. The number of rotatable bonds is 15. The van der Waals surface area contributed by atoms with E-state index in [2.05, 4.69) is 60.8 Å². The Bertz CT molecular complexity index is 1070. The molecule has 0 aliphatic carbocycles. The van der Waals surface area contributed by atoms with Crippen molar-refractivity contribution >= 4 is 11.0 Å².